The second-order valence-corrected chi connectivity index (χ2v) is 4.09. The SMILES string of the molecule is Cc1cc(-c2nc(C)c(C)[nH]c2=O)ccc1F. The molecule has 0 aliphatic carbocycles. The van der Waals surface area contributed by atoms with Gasteiger partial charge in [0.2, 0.25) is 0 Å². The Kier molecular flexibility index (Phi) is 2.79. The fourth-order valence-electron chi connectivity index (χ4n) is 1.61. The Bertz CT molecular complexity index is 632. The number of benzene rings is 1. The van der Waals surface area contributed by atoms with E-state index in [1.807, 2.05) is 6.92 Å². The molecule has 0 aliphatic heterocycles. The summed E-state index contributed by atoms with van der Waals surface area (Å²) in [5.41, 5.74) is 2.73. The van der Waals surface area contributed by atoms with Crippen LogP contribution in [-0.2, 0) is 0 Å². The second kappa shape index (κ2) is 4.13. The van der Waals surface area contributed by atoms with Gasteiger partial charge in [-0.3, -0.25) is 4.79 Å². The van der Waals surface area contributed by atoms with Crippen LogP contribution in [0.4, 0.5) is 4.39 Å². The largest absolute Gasteiger partial charge is 0.323 e. The smallest absolute Gasteiger partial charge is 0.274 e. The Morgan fingerprint density at radius 3 is 2.59 bits per heavy atom. The van der Waals surface area contributed by atoms with Crippen LogP contribution in [0.5, 0.6) is 0 Å². The molecular formula is C13H13FN2O. The van der Waals surface area contributed by atoms with E-state index in [1.165, 1.54) is 6.07 Å². The summed E-state index contributed by atoms with van der Waals surface area (Å²) >= 11 is 0. The maximum Gasteiger partial charge on any atom is 0.274 e. The number of hydrogen-bond acceptors (Lipinski definition) is 2. The van der Waals surface area contributed by atoms with Gasteiger partial charge >= 0.3 is 0 Å². The summed E-state index contributed by atoms with van der Waals surface area (Å²) in [6, 6.07) is 4.54. The minimum atomic E-state index is -0.283. The van der Waals surface area contributed by atoms with Gasteiger partial charge in [-0.15, -0.1) is 0 Å². The standard InChI is InChI=1S/C13H13FN2O/c1-7-6-10(4-5-11(7)14)12-13(17)16-9(3)8(2)15-12/h4-6H,1-3H3,(H,16,17). The lowest BCUT2D eigenvalue weighted by Crippen LogP contribution is -2.14. The van der Waals surface area contributed by atoms with Gasteiger partial charge in [0.15, 0.2) is 0 Å². The van der Waals surface area contributed by atoms with E-state index in [-0.39, 0.29) is 11.4 Å². The number of nitrogens with zero attached hydrogens (tertiary/aromatic N) is 1. The average molecular weight is 232 g/mol. The summed E-state index contributed by atoms with van der Waals surface area (Å²) < 4.78 is 13.2. The molecular weight excluding hydrogens is 219 g/mol. The molecule has 0 atom stereocenters. The molecule has 2 aromatic rings. The van der Waals surface area contributed by atoms with Gasteiger partial charge in [-0.25, -0.2) is 9.37 Å². The molecule has 1 aromatic carbocycles. The zero-order valence-corrected chi connectivity index (χ0v) is 9.97. The molecule has 2 rings (SSSR count). The number of aryl methyl sites for hydroxylation is 3. The third-order valence-electron chi connectivity index (χ3n) is 2.77. The van der Waals surface area contributed by atoms with Gasteiger partial charge in [0.25, 0.3) is 5.56 Å². The highest BCUT2D eigenvalue weighted by Gasteiger charge is 2.09. The fraction of sp³-hybridized carbons (Fsp3) is 0.231. The predicted octanol–water partition coefficient (Wildman–Crippen LogP) is 2.50. The second-order valence-electron chi connectivity index (χ2n) is 4.09. The Balaban J connectivity index is 2.64. The molecule has 88 valence electrons. The Morgan fingerprint density at radius 2 is 1.94 bits per heavy atom. The van der Waals surface area contributed by atoms with Crippen LogP contribution in [0, 0.1) is 26.6 Å². The van der Waals surface area contributed by atoms with Crippen LogP contribution in [0.1, 0.15) is 17.0 Å². The zero-order valence-electron chi connectivity index (χ0n) is 9.97. The van der Waals surface area contributed by atoms with Crippen LogP contribution in [0.25, 0.3) is 11.3 Å². The molecule has 0 fully saturated rings. The molecule has 1 aromatic heterocycles. The molecule has 0 saturated heterocycles. The Morgan fingerprint density at radius 1 is 1.24 bits per heavy atom. The first-order valence-corrected chi connectivity index (χ1v) is 5.33. The number of aromatic nitrogens is 2. The van der Waals surface area contributed by atoms with Crippen molar-refractivity contribution in [3.05, 3.63) is 51.3 Å². The normalized spacial score (nSPS) is 10.6. The number of hydrogen-bond donors (Lipinski definition) is 1. The fourth-order valence-corrected chi connectivity index (χ4v) is 1.61. The van der Waals surface area contributed by atoms with E-state index < -0.39 is 0 Å². The molecule has 3 nitrogen and oxygen atoms in total. The number of H-pyrrole nitrogens is 1. The van der Waals surface area contributed by atoms with Crippen molar-refractivity contribution in [2.45, 2.75) is 20.8 Å². The number of halogens is 1. The summed E-state index contributed by atoms with van der Waals surface area (Å²) in [5.74, 6) is -0.283. The number of rotatable bonds is 1. The molecule has 0 bridgehead atoms. The van der Waals surface area contributed by atoms with E-state index in [2.05, 4.69) is 9.97 Å². The van der Waals surface area contributed by atoms with Gasteiger partial charge in [-0.05, 0) is 44.5 Å². The zero-order chi connectivity index (χ0) is 12.6. The first-order valence-electron chi connectivity index (χ1n) is 5.33. The average Bonchev–Trinajstić information content (AvgIpc) is 2.27. The minimum Gasteiger partial charge on any atom is -0.323 e. The molecule has 1 heterocycles. The van der Waals surface area contributed by atoms with Crippen molar-refractivity contribution in [2.24, 2.45) is 0 Å². The lowest BCUT2D eigenvalue weighted by atomic mass is 10.1. The maximum absolute atomic E-state index is 13.2. The lowest BCUT2D eigenvalue weighted by Gasteiger charge is -2.05. The van der Waals surface area contributed by atoms with Crippen LogP contribution < -0.4 is 5.56 Å². The van der Waals surface area contributed by atoms with E-state index in [0.717, 1.165) is 11.4 Å². The summed E-state index contributed by atoms with van der Waals surface area (Å²) in [6.45, 7) is 5.28. The van der Waals surface area contributed by atoms with Gasteiger partial charge in [-0.1, -0.05) is 0 Å². The summed E-state index contributed by atoms with van der Waals surface area (Å²) in [7, 11) is 0. The summed E-state index contributed by atoms with van der Waals surface area (Å²) in [4.78, 5) is 18.8. The van der Waals surface area contributed by atoms with E-state index in [1.54, 1.807) is 26.0 Å². The predicted molar refractivity (Wildman–Crippen MR) is 64.5 cm³/mol. The molecule has 0 amide bonds. The van der Waals surface area contributed by atoms with Crippen molar-refractivity contribution in [2.75, 3.05) is 0 Å². The molecule has 17 heavy (non-hydrogen) atoms. The minimum absolute atomic E-state index is 0.251. The van der Waals surface area contributed by atoms with Crippen LogP contribution in [0.3, 0.4) is 0 Å². The van der Waals surface area contributed by atoms with Gasteiger partial charge in [0.1, 0.15) is 11.5 Å². The molecule has 0 spiro atoms. The third-order valence-corrected chi connectivity index (χ3v) is 2.77. The van der Waals surface area contributed by atoms with E-state index >= 15 is 0 Å². The van der Waals surface area contributed by atoms with Crippen LogP contribution in [0.2, 0.25) is 0 Å². The number of aromatic amines is 1. The summed E-state index contributed by atoms with van der Waals surface area (Å²) in [5, 5.41) is 0. The number of nitrogens with one attached hydrogen (secondary N) is 1. The van der Waals surface area contributed by atoms with E-state index in [4.69, 9.17) is 0 Å². The molecule has 0 saturated carbocycles. The summed E-state index contributed by atoms with van der Waals surface area (Å²) in [6.07, 6.45) is 0. The van der Waals surface area contributed by atoms with Crippen LogP contribution >= 0.6 is 0 Å². The Labute approximate surface area is 98.3 Å². The topological polar surface area (TPSA) is 45.8 Å². The van der Waals surface area contributed by atoms with Gasteiger partial charge in [-0.2, -0.15) is 0 Å². The maximum atomic E-state index is 13.2. The highest BCUT2D eigenvalue weighted by atomic mass is 19.1. The van der Waals surface area contributed by atoms with Crippen molar-refractivity contribution in [1.29, 1.82) is 0 Å². The first-order chi connectivity index (χ1) is 7.99. The van der Waals surface area contributed by atoms with Crippen molar-refractivity contribution in [3.8, 4) is 11.3 Å². The Hall–Kier alpha value is -1.97. The monoisotopic (exact) mass is 232 g/mol. The lowest BCUT2D eigenvalue weighted by molar-refractivity contribution is 0.618. The van der Waals surface area contributed by atoms with Crippen LogP contribution in [0.15, 0.2) is 23.0 Å². The van der Waals surface area contributed by atoms with Crippen molar-refractivity contribution >= 4 is 0 Å². The van der Waals surface area contributed by atoms with Crippen molar-refractivity contribution < 1.29 is 4.39 Å². The molecule has 4 heteroatoms. The van der Waals surface area contributed by atoms with Gasteiger partial charge in [0, 0.05) is 11.3 Å². The molecule has 0 aliphatic rings. The third kappa shape index (κ3) is 2.11. The van der Waals surface area contributed by atoms with E-state index in [9.17, 15) is 9.18 Å². The quantitative estimate of drug-likeness (QED) is 0.821. The molecule has 1 N–H and O–H groups in total. The van der Waals surface area contributed by atoms with Gasteiger partial charge < -0.3 is 4.98 Å². The highest BCUT2D eigenvalue weighted by molar-refractivity contribution is 5.59. The molecule has 0 unspecified atom stereocenters. The van der Waals surface area contributed by atoms with Crippen LogP contribution in [-0.4, -0.2) is 9.97 Å². The highest BCUT2D eigenvalue weighted by Crippen LogP contribution is 2.17. The van der Waals surface area contributed by atoms with Crippen molar-refractivity contribution in [1.82, 2.24) is 9.97 Å². The van der Waals surface area contributed by atoms with Crippen molar-refractivity contribution in [3.63, 3.8) is 0 Å². The van der Waals surface area contributed by atoms with E-state index in [0.29, 0.717) is 16.8 Å². The van der Waals surface area contributed by atoms with Gasteiger partial charge in [0.05, 0.1) is 5.69 Å². The first kappa shape index (κ1) is 11.5. The molecule has 0 radical (unpaired) electrons.